The Hall–Kier alpha value is -1.58. The smallest absolute Gasteiger partial charge is 0.337 e. The van der Waals surface area contributed by atoms with Gasteiger partial charge in [-0.15, -0.1) is 0 Å². The number of carbonyl (C=O) groups excluding carboxylic acids is 1. The lowest BCUT2D eigenvalue weighted by atomic mass is 10.1. The Morgan fingerprint density at radius 2 is 2.05 bits per heavy atom. The van der Waals surface area contributed by atoms with Gasteiger partial charge in [0.2, 0.25) is 10.0 Å². The van der Waals surface area contributed by atoms with Crippen molar-refractivity contribution in [3.63, 3.8) is 0 Å². The quantitative estimate of drug-likeness (QED) is 0.751. The molecule has 0 saturated carbocycles. The number of rotatable bonds is 6. The highest BCUT2D eigenvalue weighted by Gasteiger charge is 2.23. The summed E-state index contributed by atoms with van der Waals surface area (Å²) in [5.41, 5.74) is 0.333. The fourth-order valence-corrected chi connectivity index (χ4v) is 2.82. The first-order chi connectivity index (χ1) is 9.69. The number of esters is 1. The predicted octanol–water partition coefficient (Wildman–Crippen LogP) is 0.686. The maximum Gasteiger partial charge on any atom is 0.337 e. The van der Waals surface area contributed by atoms with Crippen LogP contribution in [-0.4, -0.2) is 45.7 Å². The van der Waals surface area contributed by atoms with Crippen LogP contribution in [0.2, 0.25) is 0 Å². The summed E-state index contributed by atoms with van der Waals surface area (Å²) in [5.74, 6) is -0.723. The number of halogens is 2. The van der Waals surface area contributed by atoms with Crippen molar-refractivity contribution in [3.8, 4) is 0 Å². The molecule has 0 radical (unpaired) electrons. The number of hydrogen-bond donors (Lipinski definition) is 2. The molecule has 0 aromatic heterocycles. The second-order valence-corrected chi connectivity index (χ2v) is 5.96. The van der Waals surface area contributed by atoms with Crippen LogP contribution in [0.5, 0.6) is 0 Å². The number of aryl methyl sites for hydroxylation is 1. The molecular weight excluding hydrogens is 308 g/mol. The zero-order valence-electron chi connectivity index (χ0n) is 11.3. The van der Waals surface area contributed by atoms with Crippen molar-refractivity contribution in [1.29, 1.82) is 0 Å². The number of carbonyl (C=O) groups is 1. The van der Waals surface area contributed by atoms with E-state index in [-0.39, 0.29) is 10.5 Å². The third-order valence-corrected chi connectivity index (χ3v) is 4.24. The standard InChI is InChI=1S/C12H15F2NO5S/c1-7-3-4-8(12(17)20-2)5-10(7)21(18,19)15-6-9(16)11(13)14/h3-5,9,11,15-16H,6H2,1-2H3. The average molecular weight is 323 g/mol. The lowest BCUT2D eigenvalue weighted by Crippen LogP contribution is -2.36. The van der Waals surface area contributed by atoms with Crippen LogP contribution in [0.4, 0.5) is 8.78 Å². The molecule has 1 aromatic carbocycles. The first-order valence-electron chi connectivity index (χ1n) is 5.84. The summed E-state index contributed by atoms with van der Waals surface area (Å²) in [7, 11) is -2.99. The Labute approximate surface area is 120 Å². The van der Waals surface area contributed by atoms with Gasteiger partial charge in [-0.2, -0.15) is 0 Å². The third kappa shape index (κ3) is 4.45. The van der Waals surface area contributed by atoms with Crippen LogP contribution in [0.15, 0.2) is 23.1 Å². The summed E-state index contributed by atoms with van der Waals surface area (Å²) in [6, 6.07) is 3.86. The third-order valence-electron chi connectivity index (χ3n) is 2.67. The molecule has 1 unspecified atom stereocenters. The molecule has 0 fully saturated rings. The zero-order valence-corrected chi connectivity index (χ0v) is 12.2. The van der Waals surface area contributed by atoms with Crippen molar-refractivity contribution in [1.82, 2.24) is 4.72 Å². The molecule has 0 aliphatic rings. The fourth-order valence-electron chi connectivity index (χ4n) is 1.50. The van der Waals surface area contributed by atoms with Gasteiger partial charge in [0.05, 0.1) is 17.6 Å². The molecule has 0 aliphatic heterocycles. The lowest BCUT2D eigenvalue weighted by molar-refractivity contribution is -0.000452. The lowest BCUT2D eigenvalue weighted by Gasteiger charge is -2.13. The monoisotopic (exact) mass is 323 g/mol. The number of aliphatic hydroxyl groups excluding tert-OH is 1. The summed E-state index contributed by atoms with van der Waals surface area (Å²) in [4.78, 5) is 11.1. The molecule has 0 heterocycles. The predicted molar refractivity (Wildman–Crippen MR) is 69.7 cm³/mol. The van der Waals surface area contributed by atoms with Gasteiger partial charge in [0, 0.05) is 6.54 Å². The van der Waals surface area contributed by atoms with Crippen LogP contribution in [0.1, 0.15) is 15.9 Å². The van der Waals surface area contributed by atoms with Gasteiger partial charge in [-0.05, 0) is 24.6 Å². The maximum absolute atomic E-state index is 12.2. The van der Waals surface area contributed by atoms with Gasteiger partial charge < -0.3 is 9.84 Å². The van der Waals surface area contributed by atoms with E-state index in [4.69, 9.17) is 5.11 Å². The fraction of sp³-hybridized carbons (Fsp3) is 0.417. The molecule has 21 heavy (non-hydrogen) atoms. The Morgan fingerprint density at radius 1 is 1.43 bits per heavy atom. The average Bonchev–Trinajstić information content (AvgIpc) is 2.44. The normalized spacial score (nSPS) is 13.2. The Morgan fingerprint density at radius 3 is 2.57 bits per heavy atom. The van der Waals surface area contributed by atoms with E-state index < -0.39 is 35.1 Å². The molecule has 0 saturated heterocycles. The SMILES string of the molecule is COC(=O)c1ccc(C)c(S(=O)(=O)NCC(O)C(F)F)c1. The molecule has 0 spiro atoms. The number of benzene rings is 1. The van der Waals surface area contributed by atoms with Gasteiger partial charge in [0.15, 0.2) is 0 Å². The topological polar surface area (TPSA) is 92.7 Å². The number of methoxy groups -OCH3 is 1. The summed E-state index contributed by atoms with van der Waals surface area (Å²) in [6.07, 6.45) is -5.17. The molecule has 0 aliphatic carbocycles. The molecule has 0 amide bonds. The van der Waals surface area contributed by atoms with Crippen molar-refractivity contribution < 1.29 is 31.8 Å². The highest BCUT2D eigenvalue weighted by atomic mass is 32.2. The Bertz CT molecular complexity index is 618. The number of alkyl halides is 2. The second kappa shape index (κ2) is 6.92. The van der Waals surface area contributed by atoms with Gasteiger partial charge in [-0.3, -0.25) is 0 Å². The van der Waals surface area contributed by atoms with Crippen molar-refractivity contribution in [2.24, 2.45) is 0 Å². The van der Waals surface area contributed by atoms with Crippen molar-refractivity contribution in [3.05, 3.63) is 29.3 Å². The molecule has 9 heteroatoms. The van der Waals surface area contributed by atoms with E-state index in [1.165, 1.54) is 19.1 Å². The zero-order chi connectivity index (χ0) is 16.2. The van der Waals surface area contributed by atoms with Crippen LogP contribution in [0.3, 0.4) is 0 Å². The largest absolute Gasteiger partial charge is 0.465 e. The molecule has 1 atom stereocenters. The first-order valence-corrected chi connectivity index (χ1v) is 7.32. The second-order valence-electron chi connectivity index (χ2n) is 4.23. The summed E-state index contributed by atoms with van der Waals surface area (Å²) < 4.78 is 54.7. The molecule has 2 N–H and O–H groups in total. The van der Waals surface area contributed by atoms with E-state index >= 15 is 0 Å². The number of aliphatic hydroxyl groups is 1. The molecule has 1 rings (SSSR count). The van der Waals surface area contributed by atoms with E-state index in [0.717, 1.165) is 13.2 Å². The van der Waals surface area contributed by atoms with Gasteiger partial charge in [-0.1, -0.05) is 6.07 Å². The molecular formula is C12H15F2NO5S. The summed E-state index contributed by atoms with van der Waals surface area (Å²) in [6.45, 7) is 0.654. The minimum atomic E-state index is -4.13. The first kappa shape index (κ1) is 17.5. The van der Waals surface area contributed by atoms with Gasteiger partial charge in [0.1, 0.15) is 6.10 Å². The maximum atomic E-state index is 12.2. The van der Waals surface area contributed by atoms with E-state index in [2.05, 4.69) is 4.74 Å². The van der Waals surface area contributed by atoms with Crippen LogP contribution < -0.4 is 4.72 Å². The van der Waals surface area contributed by atoms with Gasteiger partial charge in [-0.25, -0.2) is 26.7 Å². The van der Waals surface area contributed by atoms with Crippen molar-refractivity contribution in [2.45, 2.75) is 24.3 Å². The minimum Gasteiger partial charge on any atom is -0.465 e. The number of hydrogen-bond acceptors (Lipinski definition) is 5. The highest BCUT2D eigenvalue weighted by Crippen LogP contribution is 2.17. The Kier molecular flexibility index (Phi) is 5.76. The van der Waals surface area contributed by atoms with Crippen molar-refractivity contribution in [2.75, 3.05) is 13.7 Å². The molecule has 1 aromatic rings. The minimum absolute atomic E-state index is 0.0119. The van der Waals surface area contributed by atoms with Crippen LogP contribution in [0.25, 0.3) is 0 Å². The molecule has 118 valence electrons. The molecule has 0 bridgehead atoms. The van der Waals surface area contributed by atoms with E-state index in [1.54, 1.807) is 0 Å². The highest BCUT2D eigenvalue weighted by molar-refractivity contribution is 7.89. The molecule has 6 nitrogen and oxygen atoms in total. The summed E-state index contributed by atoms with van der Waals surface area (Å²) in [5, 5.41) is 8.94. The van der Waals surface area contributed by atoms with Crippen molar-refractivity contribution >= 4 is 16.0 Å². The van der Waals surface area contributed by atoms with Gasteiger partial charge in [0.25, 0.3) is 6.43 Å². The van der Waals surface area contributed by atoms with Crippen LogP contribution in [0, 0.1) is 6.92 Å². The van der Waals surface area contributed by atoms with Crippen LogP contribution in [-0.2, 0) is 14.8 Å². The Balaban J connectivity index is 3.05. The number of ether oxygens (including phenoxy) is 1. The van der Waals surface area contributed by atoms with E-state index in [0.29, 0.717) is 5.56 Å². The van der Waals surface area contributed by atoms with Crippen LogP contribution >= 0.6 is 0 Å². The number of sulfonamides is 1. The summed E-state index contributed by atoms with van der Waals surface area (Å²) >= 11 is 0. The van der Waals surface area contributed by atoms with E-state index in [1.807, 2.05) is 4.72 Å². The van der Waals surface area contributed by atoms with Gasteiger partial charge >= 0.3 is 5.97 Å². The van der Waals surface area contributed by atoms with E-state index in [9.17, 15) is 22.0 Å². The number of nitrogens with one attached hydrogen (secondary N) is 1.